The Hall–Kier alpha value is -2.13. The maximum Gasteiger partial charge on any atom is 0.183 e. The zero-order valence-electron chi connectivity index (χ0n) is 17.0. The second-order valence-corrected chi connectivity index (χ2v) is 8.65. The van der Waals surface area contributed by atoms with Gasteiger partial charge in [-0.15, -0.1) is 11.3 Å². The Balaban J connectivity index is 1.56. The summed E-state index contributed by atoms with van der Waals surface area (Å²) in [5, 5.41) is 19.4. The first kappa shape index (κ1) is 21.1. The molecule has 1 aliphatic rings. The molecule has 30 heavy (non-hydrogen) atoms. The fourth-order valence-electron chi connectivity index (χ4n) is 3.27. The standard InChI is InChI=1S/C21H25ClN4O3S/c1-13(2)23-21-25-16(12-30-21)15-11-17(27)14-3-4-18(19(22)20(14)24-15)29-10-7-26-5-8-28-9-6-26/h3-4,11-13H,5-10H2,1-2H3,(H,23,25)(H,24,27)/p-1. The first-order chi connectivity index (χ1) is 14.5. The van der Waals surface area contributed by atoms with E-state index >= 15 is 0 Å². The van der Waals surface area contributed by atoms with Crippen LogP contribution in [0.25, 0.3) is 22.3 Å². The first-order valence-corrected chi connectivity index (χ1v) is 11.2. The van der Waals surface area contributed by atoms with Crippen LogP contribution in [-0.4, -0.2) is 60.4 Å². The van der Waals surface area contributed by atoms with Crippen LogP contribution < -0.4 is 15.2 Å². The lowest BCUT2D eigenvalue weighted by Crippen LogP contribution is -2.38. The molecule has 0 unspecified atom stereocenters. The Kier molecular flexibility index (Phi) is 6.58. The molecule has 1 aliphatic heterocycles. The van der Waals surface area contributed by atoms with Gasteiger partial charge in [0.2, 0.25) is 0 Å². The average molecular weight is 448 g/mol. The van der Waals surface area contributed by atoms with Crippen molar-refractivity contribution in [1.29, 1.82) is 0 Å². The van der Waals surface area contributed by atoms with Crippen LogP contribution in [0, 0.1) is 0 Å². The van der Waals surface area contributed by atoms with Gasteiger partial charge in [0.1, 0.15) is 23.1 Å². The maximum absolute atomic E-state index is 12.6. The van der Waals surface area contributed by atoms with Gasteiger partial charge in [0.15, 0.2) is 5.13 Å². The van der Waals surface area contributed by atoms with Crippen molar-refractivity contribution in [3.05, 3.63) is 28.6 Å². The summed E-state index contributed by atoms with van der Waals surface area (Å²) in [6, 6.07) is 5.23. The van der Waals surface area contributed by atoms with Crippen LogP contribution >= 0.6 is 22.9 Å². The molecule has 1 N–H and O–H groups in total. The van der Waals surface area contributed by atoms with E-state index in [2.05, 4.69) is 20.2 Å². The van der Waals surface area contributed by atoms with Gasteiger partial charge in [-0.25, -0.2) is 9.97 Å². The summed E-state index contributed by atoms with van der Waals surface area (Å²) in [6.45, 7) is 8.70. The molecular weight excluding hydrogens is 424 g/mol. The van der Waals surface area contributed by atoms with Gasteiger partial charge in [-0.2, -0.15) is 0 Å². The van der Waals surface area contributed by atoms with Crippen molar-refractivity contribution in [3.8, 4) is 22.9 Å². The predicted molar refractivity (Wildman–Crippen MR) is 119 cm³/mol. The molecule has 1 saturated heterocycles. The minimum Gasteiger partial charge on any atom is -0.872 e. The van der Waals surface area contributed by atoms with E-state index in [1.54, 1.807) is 12.1 Å². The van der Waals surface area contributed by atoms with Crippen molar-refractivity contribution in [2.75, 3.05) is 44.8 Å². The summed E-state index contributed by atoms with van der Waals surface area (Å²) >= 11 is 8.06. The lowest BCUT2D eigenvalue weighted by molar-refractivity contribution is -0.265. The number of nitrogens with zero attached hydrogens (tertiary/aromatic N) is 3. The van der Waals surface area contributed by atoms with Crippen LogP contribution in [0.2, 0.25) is 5.02 Å². The van der Waals surface area contributed by atoms with Gasteiger partial charge < -0.3 is 19.9 Å². The zero-order chi connectivity index (χ0) is 21.1. The fourth-order valence-corrected chi connectivity index (χ4v) is 4.38. The summed E-state index contributed by atoms with van der Waals surface area (Å²) < 4.78 is 11.3. The van der Waals surface area contributed by atoms with Crippen LogP contribution in [0.15, 0.2) is 23.6 Å². The quantitative estimate of drug-likeness (QED) is 0.592. The fraction of sp³-hybridized carbons (Fsp3) is 0.429. The van der Waals surface area contributed by atoms with Gasteiger partial charge in [-0.3, -0.25) is 4.90 Å². The molecule has 3 heterocycles. The Morgan fingerprint density at radius 1 is 1.27 bits per heavy atom. The number of anilines is 1. The number of hydrogen-bond donors (Lipinski definition) is 1. The number of fused-ring (bicyclic) bond motifs is 1. The molecule has 3 aromatic rings. The number of ether oxygens (including phenoxy) is 2. The van der Waals surface area contributed by atoms with Crippen molar-refractivity contribution in [3.63, 3.8) is 0 Å². The topological polar surface area (TPSA) is 82.6 Å². The molecule has 0 spiro atoms. The van der Waals surface area contributed by atoms with E-state index < -0.39 is 0 Å². The van der Waals surface area contributed by atoms with Gasteiger partial charge in [-0.05, 0) is 37.4 Å². The SMILES string of the molecule is CC(C)Nc1nc(-c2cc([O-])c3ccc(OCCN4CCOCC4)c(Cl)c3n2)cs1. The molecule has 0 bridgehead atoms. The molecule has 160 valence electrons. The van der Waals surface area contributed by atoms with Crippen molar-refractivity contribution < 1.29 is 14.6 Å². The van der Waals surface area contributed by atoms with Crippen LogP contribution in [0.1, 0.15) is 13.8 Å². The summed E-state index contributed by atoms with van der Waals surface area (Å²) in [6.07, 6.45) is 0. The molecule has 0 amide bonds. The number of benzene rings is 1. The molecule has 0 atom stereocenters. The predicted octanol–water partition coefficient (Wildman–Crippen LogP) is 3.62. The minimum absolute atomic E-state index is 0.136. The van der Waals surface area contributed by atoms with E-state index in [9.17, 15) is 5.11 Å². The second-order valence-electron chi connectivity index (χ2n) is 7.42. The number of rotatable bonds is 7. The van der Waals surface area contributed by atoms with Crippen LogP contribution in [0.5, 0.6) is 11.5 Å². The third kappa shape index (κ3) is 4.78. The summed E-state index contributed by atoms with van der Waals surface area (Å²) in [4.78, 5) is 11.5. The van der Waals surface area contributed by atoms with Crippen molar-refractivity contribution in [2.24, 2.45) is 0 Å². The number of halogens is 1. The van der Waals surface area contributed by atoms with Crippen LogP contribution in [0.4, 0.5) is 5.13 Å². The molecule has 1 fully saturated rings. The van der Waals surface area contributed by atoms with E-state index in [1.165, 1.54) is 17.4 Å². The number of hydrogen-bond acceptors (Lipinski definition) is 8. The minimum atomic E-state index is -0.136. The van der Waals surface area contributed by atoms with E-state index in [4.69, 9.17) is 21.1 Å². The third-order valence-corrected chi connectivity index (χ3v) is 5.93. The Morgan fingerprint density at radius 2 is 2.07 bits per heavy atom. The lowest BCUT2D eigenvalue weighted by atomic mass is 10.1. The largest absolute Gasteiger partial charge is 0.872 e. The Bertz CT molecular complexity index is 1020. The first-order valence-electron chi connectivity index (χ1n) is 9.97. The molecule has 0 saturated carbocycles. The van der Waals surface area contributed by atoms with E-state index in [0.29, 0.717) is 39.7 Å². The molecule has 0 aliphatic carbocycles. The average Bonchev–Trinajstić information content (AvgIpc) is 3.18. The second kappa shape index (κ2) is 9.34. The van der Waals surface area contributed by atoms with Gasteiger partial charge in [0.25, 0.3) is 0 Å². The highest BCUT2D eigenvalue weighted by Crippen LogP contribution is 2.37. The maximum atomic E-state index is 12.6. The van der Waals surface area contributed by atoms with Gasteiger partial charge in [0.05, 0.1) is 24.4 Å². The molecule has 9 heteroatoms. The van der Waals surface area contributed by atoms with Crippen molar-refractivity contribution in [1.82, 2.24) is 14.9 Å². The van der Waals surface area contributed by atoms with Crippen LogP contribution in [0.3, 0.4) is 0 Å². The van der Waals surface area contributed by atoms with Gasteiger partial charge >= 0.3 is 0 Å². The Labute approximate surface area is 184 Å². The number of aromatic nitrogens is 2. The highest BCUT2D eigenvalue weighted by atomic mass is 35.5. The smallest absolute Gasteiger partial charge is 0.183 e. The Morgan fingerprint density at radius 3 is 2.83 bits per heavy atom. The zero-order valence-corrected chi connectivity index (χ0v) is 18.6. The summed E-state index contributed by atoms with van der Waals surface area (Å²) in [5.74, 6) is 0.394. The molecular formula is C21H24ClN4O3S-. The van der Waals surface area contributed by atoms with Gasteiger partial charge in [-0.1, -0.05) is 17.4 Å². The lowest BCUT2D eigenvalue weighted by Gasteiger charge is -2.26. The van der Waals surface area contributed by atoms with E-state index in [0.717, 1.165) is 38.0 Å². The summed E-state index contributed by atoms with van der Waals surface area (Å²) in [5.41, 5.74) is 1.60. The third-order valence-electron chi connectivity index (χ3n) is 4.79. The van der Waals surface area contributed by atoms with E-state index in [1.807, 2.05) is 19.2 Å². The van der Waals surface area contributed by atoms with Gasteiger partial charge in [0, 0.05) is 31.1 Å². The number of pyridine rings is 1. The highest BCUT2D eigenvalue weighted by molar-refractivity contribution is 7.14. The molecule has 1 aromatic carbocycles. The summed E-state index contributed by atoms with van der Waals surface area (Å²) in [7, 11) is 0. The number of morpholine rings is 1. The number of nitrogens with one attached hydrogen (secondary N) is 1. The highest BCUT2D eigenvalue weighted by Gasteiger charge is 2.14. The number of thiazole rings is 1. The molecule has 7 nitrogen and oxygen atoms in total. The van der Waals surface area contributed by atoms with E-state index in [-0.39, 0.29) is 11.8 Å². The normalized spacial score (nSPS) is 15.1. The molecule has 2 aromatic heterocycles. The van der Waals surface area contributed by atoms with Crippen molar-refractivity contribution in [2.45, 2.75) is 19.9 Å². The molecule has 0 radical (unpaired) electrons. The monoisotopic (exact) mass is 447 g/mol. The molecule has 4 rings (SSSR count). The van der Waals surface area contributed by atoms with Crippen molar-refractivity contribution >= 4 is 39.0 Å². The van der Waals surface area contributed by atoms with Crippen LogP contribution in [-0.2, 0) is 4.74 Å².